The molecule has 1 fully saturated rings. The Morgan fingerprint density at radius 3 is 2.89 bits per heavy atom. The monoisotopic (exact) mass is 394 g/mol. The van der Waals surface area contributed by atoms with Crippen LogP contribution in [-0.2, 0) is 11.3 Å². The third-order valence-electron chi connectivity index (χ3n) is 4.38. The molecule has 0 spiro atoms. The quantitative estimate of drug-likeness (QED) is 0.649. The molecule has 10 heteroatoms. The Balaban J connectivity index is 0.00000261. The number of nitrogens with one attached hydrogen (secondary N) is 3. The first-order valence-corrected chi connectivity index (χ1v) is 8.39. The summed E-state index contributed by atoms with van der Waals surface area (Å²) in [6.45, 7) is 0.907. The van der Waals surface area contributed by atoms with Crippen LogP contribution < -0.4 is 20.7 Å². The smallest absolute Gasteiger partial charge is 0.255 e. The molecule has 1 aliphatic heterocycles. The van der Waals surface area contributed by atoms with Gasteiger partial charge in [-0.25, -0.2) is 4.68 Å². The second-order valence-corrected chi connectivity index (χ2v) is 6.04. The minimum absolute atomic E-state index is 0. The summed E-state index contributed by atoms with van der Waals surface area (Å²) >= 11 is 0. The number of methoxy groups -OCH3 is 1. The maximum atomic E-state index is 12.3. The minimum atomic E-state index is -0.237. The molecule has 1 aromatic heterocycles. The molecule has 2 heterocycles. The third-order valence-corrected chi connectivity index (χ3v) is 4.38. The molecule has 3 N–H and O–H groups in total. The highest BCUT2D eigenvalue weighted by Crippen LogP contribution is 2.19. The summed E-state index contributed by atoms with van der Waals surface area (Å²) < 4.78 is 6.93. The van der Waals surface area contributed by atoms with Gasteiger partial charge in [-0.2, -0.15) is 0 Å². The standard InChI is InChI=1S/C17H22N6O3.ClH/c1-18-17(25)14-7-12(9-19-14)23-10-11(21-22-23)8-20-16(24)13-5-3-4-6-15(13)26-2;/h3-6,10,12,14,19H,7-9H2,1-2H3,(H,18,25)(H,20,24);1H/t12-,14+;/m1./s1. The molecule has 27 heavy (non-hydrogen) atoms. The van der Waals surface area contributed by atoms with E-state index >= 15 is 0 Å². The molecule has 1 aromatic carbocycles. The first-order valence-electron chi connectivity index (χ1n) is 8.39. The molecule has 0 saturated carbocycles. The molecule has 2 amide bonds. The van der Waals surface area contributed by atoms with Gasteiger partial charge in [0.15, 0.2) is 0 Å². The molecule has 0 aliphatic carbocycles. The van der Waals surface area contributed by atoms with Gasteiger partial charge in [0.2, 0.25) is 5.91 Å². The van der Waals surface area contributed by atoms with Crippen molar-refractivity contribution in [2.75, 3.05) is 20.7 Å². The van der Waals surface area contributed by atoms with Gasteiger partial charge in [0.25, 0.3) is 5.91 Å². The molecule has 2 aromatic rings. The summed E-state index contributed by atoms with van der Waals surface area (Å²) in [5, 5.41) is 16.8. The minimum Gasteiger partial charge on any atom is -0.496 e. The second kappa shape index (κ2) is 9.33. The normalized spacial score (nSPS) is 18.4. The molecule has 1 aliphatic rings. The van der Waals surface area contributed by atoms with Gasteiger partial charge in [-0.15, -0.1) is 17.5 Å². The number of amides is 2. The lowest BCUT2D eigenvalue weighted by atomic mass is 10.1. The lowest BCUT2D eigenvalue weighted by Crippen LogP contribution is -2.38. The number of carbonyl (C=O) groups excluding carboxylic acids is 2. The molecule has 1 saturated heterocycles. The fraction of sp³-hybridized carbons (Fsp3) is 0.412. The van der Waals surface area contributed by atoms with Crippen LogP contribution in [0.3, 0.4) is 0 Å². The van der Waals surface area contributed by atoms with E-state index < -0.39 is 0 Å². The van der Waals surface area contributed by atoms with Crippen LogP contribution >= 0.6 is 12.4 Å². The number of likely N-dealkylation sites (N-methyl/N-ethyl adjacent to an activating group) is 1. The number of benzene rings is 1. The van der Waals surface area contributed by atoms with Gasteiger partial charge in [-0.1, -0.05) is 17.3 Å². The molecule has 9 nitrogen and oxygen atoms in total. The SMILES string of the molecule is CNC(=O)[C@@H]1C[C@@H](n2cc(CNC(=O)c3ccccc3OC)nn2)CN1.Cl. The Bertz CT molecular complexity index is 796. The van der Waals surface area contributed by atoms with Crippen molar-refractivity contribution in [1.82, 2.24) is 30.9 Å². The van der Waals surface area contributed by atoms with Crippen LogP contribution in [0.5, 0.6) is 5.75 Å². The fourth-order valence-electron chi connectivity index (χ4n) is 2.96. The van der Waals surface area contributed by atoms with Crippen LogP contribution in [0.4, 0.5) is 0 Å². The molecular formula is C17H23ClN6O3. The summed E-state index contributed by atoms with van der Waals surface area (Å²) in [6.07, 6.45) is 2.44. The van der Waals surface area contributed by atoms with Gasteiger partial charge in [-0.05, 0) is 18.6 Å². The second-order valence-electron chi connectivity index (χ2n) is 6.04. The first-order chi connectivity index (χ1) is 12.6. The van der Waals surface area contributed by atoms with Crippen LogP contribution in [0.15, 0.2) is 30.5 Å². The molecular weight excluding hydrogens is 372 g/mol. The molecule has 2 atom stereocenters. The van der Waals surface area contributed by atoms with Crippen LogP contribution in [-0.4, -0.2) is 53.6 Å². The van der Waals surface area contributed by atoms with E-state index in [-0.39, 0.29) is 42.8 Å². The molecule has 146 valence electrons. The number of hydrogen-bond donors (Lipinski definition) is 3. The lowest BCUT2D eigenvalue weighted by Gasteiger charge is -2.09. The topological polar surface area (TPSA) is 110 Å². The van der Waals surface area contributed by atoms with Crippen LogP contribution in [0.1, 0.15) is 28.5 Å². The number of para-hydroxylation sites is 1. The molecule has 0 unspecified atom stereocenters. The maximum absolute atomic E-state index is 12.3. The number of ether oxygens (including phenoxy) is 1. The Kier molecular flexibility index (Phi) is 7.14. The zero-order chi connectivity index (χ0) is 18.5. The Labute approximate surface area is 163 Å². The number of halogens is 1. The maximum Gasteiger partial charge on any atom is 0.255 e. The van der Waals surface area contributed by atoms with Crippen LogP contribution in [0.25, 0.3) is 0 Å². The summed E-state index contributed by atoms with van der Waals surface area (Å²) in [4.78, 5) is 24.0. The lowest BCUT2D eigenvalue weighted by molar-refractivity contribution is -0.122. The zero-order valence-electron chi connectivity index (χ0n) is 15.1. The number of nitrogens with zero attached hydrogens (tertiary/aromatic N) is 3. The fourth-order valence-corrected chi connectivity index (χ4v) is 2.96. The molecule has 0 radical (unpaired) electrons. The van der Waals surface area contributed by atoms with Crippen molar-refractivity contribution in [3.05, 3.63) is 41.7 Å². The summed E-state index contributed by atoms with van der Waals surface area (Å²) in [6, 6.07) is 6.87. The summed E-state index contributed by atoms with van der Waals surface area (Å²) in [7, 11) is 3.15. The Hall–Kier alpha value is -2.65. The predicted molar refractivity (Wildman–Crippen MR) is 101 cm³/mol. The van der Waals surface area contributed by atoms with Gasteiger partial charge in [0, 0.05) is 13.6 Å². The van der Waals surface area contributed by atoms with E-state index in [1.807, 2.05) is 6.07 Å². The predicted octanol–water partition coefficient (Wildman–Crippen LogP) is 0.287. The van der Waals surface area contributed by atoms with Gasteiger partial charge in [0.05, 0.1) is 37.5 Å². The van der Waals surface area contributed by atoms with E-state index in [0.717, 1.165) is 0 Å². The van der Waals surface area contributed by atoms with E-state index in [4.69, 9.17) is 4.74 Å². The number of hydrogen-bond acceptors (Lipinski definition) is 6. The average Bonchev–Trinajstić information content (AvgIpc) is 3.34. The Morgan fingerprint density at radius 2 is 2.15 bits per heavy atom. The van der Waals surface area contributed by atoms with Crippen molar-refractivity contribution < 1.29 is 14.3 Å². The van der Waals surface area contributed by atoms with Crippen molar-refractivity contribution in [1.29, 1.82) is 0 Å². The van der Waals surface area contributed by atoms with E-state index in [9.17, 15) is 9.59 Å². The Morgan fingerprint density at radius 1 is 1.37 bits per heavy atom. The van der Waals surface area contributed by atoms with E-state index in [0.29, 0.717) is 30.0 Å². The summed E-state index contributed by atoms with van der Waals surface area (Å²) in [5.41, 5.74) is 1.12. The largest absolute Gasteiger partial charge is 0.496 e. The van der Waals surface area contributed by atoms with E-state index in [2.05, 4.69) is 26.3 Å². The van der Waals surface area contributed by atoms with Crippen molar-refractivity contribution in [3.8, 4) is 5.75 Å². The van der Waals surface area contributed by atoms with E-state index in [1.54, 1.807) is 36.1 Å². The zero-order valence-corrected chi connectivity index (χ0v) is 16.0. The first kappa shape index (κ1) is 20.7. The van der Waals surface area contributed by atoms with E-state index in [1.165, 1.54) is 7.11 Å². The summed E-state index contributed by atoms with van der Waals surface area (Å²) in [5.74, 6) is 0.252. The van der Waals surface area contributed by atoms with Gasteiger partial charge < -0.3 is 20.7 Å². The van der Waals surface area contributed by atoms with Crippen LogP contribution in [0, 0.1) is 0 Å². The van der Waals surface area contributed by atoms with Crippen molar-refractivity contribution in [3.63, 3.8) is 0 Å². The highest BCUT2D eigenvalue weighted by atomic mass is 35.5. The number of rotatable bonds is 6. The third kappa shape index (κ3) is 4.75. The number of carbonyl (C=O) groups is 2. The molecule has 3 rings (SSSR count). The van der Waals surface area contributed by atoms with Crippen LogP contribution in [0.2, 0.25) is 0 Å². The van der Waals surface area contributed by atoms with Crippen molar-refractivity contribution in [2.24, 2.45) is 0 Å². The van der Waals surface area contributed by atoms with Crippen molar-refractivity contribution in [2.45, 2.75) is 25.0 Å². The number of aromatic nitrogens is 3. The average molecular weight is 395 g/mol. The van der Waals surface area contributed by atoms with Gasteiger partial charge in [-0.3, -0.25) is 9.59 Å². The molecule has 0 bridgehead atoms. The van der Waals surface area contributed by atoms with Gasteiger partial charge >= 0.3 is 0 Å². The van der Waals surface area contributed by atoms with Gasteiger partial charge in [0.1, 0.15) is 11.4 Å². The highest BCUT2D eigenvalue weighted by Gasteiger charge is 2.30. The van der Waals surface area contributed by atoms with Crippen molar-refractivity contribution >= 4 is 24.2 Å². The highest BCUT2D eigenvalue weighted by molar-refractivity contribution is 5.96.